The molecule has 1 N–H and O–H groups in total. The van der Waals surface area contributed by atoms with Crippen LogP contribution in [-0.2, 0) is 0 Å². The molecule has 106 valence electrons. The van der Waals surface area contributed by atoms with E-state index in [-0.39, 0.29) is 6.04 Å². The van der Waals surface area contributed by atoms with Gasteiger partial charge in [-0.1, -0.05) is 42.8 Å². The molecule has 2 aromatic rings. The van der Waals surface area contributed by atoms with E-state index in [1.165, 1.54) is 16.7 Å². The van der Waals surface area contributed by atoms with E-state index in [1.807, 2.05) is 6.07 Å². The molecule has 1 atom stereocenters. The monoisotopic (exact) mass is 333 g/mol. The van der Waals surface area contributed by atoms with Crippen LogP contribution in [0.3, 0.4) is 0 Å². The Labute approximate surface area is 129 Å². The first-order chi connectivity index (χ1) is 9.65. The summed E-state index contributed by atoms with van der Waals surface area (Å²) in [4.78, 5) is 0. The number of aryl methyl sites for hydroxylation is 1. The zero-order chi connectivity index (χ0) is 14.5. The van der Waals surface area contributed by atoms with Gasteiger partial charge in [0.05, 0.1) is 17.6 Å². The summed E-state index contributed by atoms with van der Waals surface area (Å²) in [5, 5.41) is 3.55. The SMILES string of the molecule is CCNC(c1cccc(C)c1)c1ccc(OC)c(Br)c1. The van der Waals surface area contributed by atoms with Crippen molar-refractivity contribution < 1.29 is 4.74 Å². The van der Waals surface area contributed by atoms with Gasteiger partial charge in [-0.05, 0) is 52.7 Å². The van der Waals surface area contributed by atoms with E-state index in [1.54, 1.807) is 7.11 Å². The van der Waals surface area contributed by atoms with E-state index >= 15 is 0 Å². The molecule has 2 aromatic carbocycles. The lowest BCUT2D eigenvalue weighted by atomic mass is 9.97. The van der Waals surface area contributed by atoms with Gasteiger partial charge in [0, 0.05) is 0 Å². The second-order valence-corrected chi connectivity index (χ2v) is 5.65. The van der Waals surface area contributed by atoms with Crippen molar-refractivity contribution in [2.75, 3.05) is 13.7 Å². The maximum absolute atomic E-state index is 5.30. The van der Waals surface area contributed by atoms with Crippen molar-refractivity contribution in [2.45, 2.75) is 19.9 Å². The molecular weight excluding hydrogens is 314 g/mol. The van der Waals surface area contributed by atoms with Crippen molar-refractivity contribution in [3.63, 3.8) is 0 Å². The molecule has 0 heterocycles. The Balaban J connectivity index is 2.40. The number of hydrogen-bond donors (Lipinski definition) is 1. The lowest BCUT2D eigenvalue weighted by Gasteiger charge is -2.20. The molecule has 0 saturated heterocycles. The van der Waals surface area contributed by atoms with Crippen molar-refractivity contribution in [3.8, 4) is 5.75 Å². The van der Waals surface area contributed by atoms with Crippen LogP contribution in [0.5, 0.6) is 5.75 Å². The number of nitrogens with one attached hydrogen (secondary N) is 1. The molecule has 0 bridgehead atoms. The second kappa shape index (κ2) is 6.91. The first kappa shape index (κ1) is 15.1. The molecule has 0 aromatic heterocycles. The molecule has 0 amide bonds. The lowest BCUT2D eigenvalue weighted by molar-refractivity contribution is 0.412. The number of benzene rings is 2. The summed E-state index contributed by atoms with van der Waals surface area (Å²) in [6.45, 7) is 5.17. The van der Waals surface area contributed by atoms with E-state index in [0.717, 1.165) is 16.8 Å². The van der Waals surface area contributed by atoms with Gasteiger partial charge in [-0.2, -0.15) is 0 Å². The predicted octanol–water partition coefficient (Wildman–Crippen LogP) is 4.47. The molecule has 0 aliphatic heterocycles. The molecule has 1 unspecified atom stereocenters. The Morgan fingerprint density at radius 3 is 2.50 bits per heavy atom. The highest BCUT2D eigenvalue weighted by molar-refractivity contribution is 9.10. The predicted molar refractivity (Wildman–Crippen MR) is 87.4 cm³/mol. The molecule has 3 heteroatoms. The molecule has 0 fully saturated rings. The van der Waals surface area contributed by atoms with Crippen LogP contribution in [0.25, 0.3) is 0 Å². The van der Waals surface area contributed by atoms with E-state index in [2.05, 4.69) is 71.5 Å². The first-order valence-corrected chi connectivity index (χ1v) is 7.58. The van der Waals surface area contributed by atoms with Crippen LogP contribution in [0.1, 0.15) is 29.7 Å². The number of halogens is 1. The van der Waals surface area contributed by atoms with Crippen molar-refractivity contribution in [1.82, 2.24) is 5.32 Å². The Morgan fingerprint density at radius 1 is 1.15 bits per heavy atom. The maximum atomic E-state index is 5.30. The summed E-state index contributed by atoms with van der Waals surface area (Å²) in [6.07, 6.45) is 0. The first-order valence-electron chi connectivity index (χ1n) is 6.79. The lowest BCUT2D eigenvalue weighted by Crippen LogP contribution is -2.22. The zero-order valence-electron chi connectivity index (χ0n) is 12.1. The quantitative estimate of drug-likeness (QED) is 0.871. The van der Waals surface area contributed by atoms with Gasteiger partial charge >= 0.3 is 0 Å². The van der Waals surface area contributed by atoms with Crippen molar-refractivity contribution in [3.05, 3.63) is 63.6 Å². The third-order valence-corrected chi connectivity index (χ3v) is 3.91. The maximum Gasteiger partial charge on any atom is 0.133 e. The normalized spacial score (nSPS) is 12.2. The number of hydrogen-bond acceptors (Lipinski definition) is 2. The minimum absolute atomic E-state index is 0.196. The van der Waals surface area contributed by atoms with Gasteiger partial charge in [0.15, 0.2) is 0 Å². The van der Waals surface area contributed by atoms with Crippen molar-refractivity contribution >= 4 is 15.9 Å². The topological polar surface area (TPSA) is 21.3 Å². The Kier molecular flexibility index (Phi) is 5.21. The summed E-state index contributed by atoms with van der Waals surface area (Å²) < 4.78 is 6.28. The van der Waals surface area contributed by atoms with Gasteiger partial charge in [0.2, 0.25) is 0 Å². The van der Waals surface area contributed by atoms with Gasteiger partial charge in [0.25, 0.3) is 0 Å². The van der Waals surface area contributed by atoms with Gasteiger partial charge in [0.1, 0.15) is 5.75 Å². The average molecular weight is 334 g/mol. The Morgan fingerprint density at radius 2 is 1.90 bits per heavy atom. The van der Waals surface area contributed by atoms with Crippen LogP contribution in [0.4, 0.5) is 0 Å². The van der Waals surface area contributed by atoms with E-state index in [9.17, 15) is 0 Å². The summed E-state index contributed by atoms with van der Waals surface area (Å²) >= 11 is 3.56. The smallest absolute Gasteiger partial charge is 0.133 e. The van der Waals surface area contributed by atoms with Crippen LogP contribution >= 0.6 is 15.9 Å². The molecule has 0 spiro atoms. The molecule has 0 radical (unpaired) electrons. The molecule has 0 aliphatic rings. The summed E-state index contributed by atoms with van der Waals surface area (Å²) in [5.74, 6) is 0.855. The molecular formula is C17H20BrNO. The van der Waals surface area contributed by atoms with Crippen molar-refractivity contribution in [1.29, 1.82) is 0 Å². The van der Waals surface area contributed by atoms with Crippen LogP contribution in [0, 0.1) is 6.92 Å². The second-order valence-electron chi connectivity index (χ2n) is 4.80. The number of methoxy groups -OCH3 is 1. The van der Waals surface area contributed by atoms with Crippen LogP contribution in [-0.4, -0.2) is 13.7 Å². The standard InChI is InChI=1S/C17H20BrNO/c1-4-19-17(13-7-5-6-12(2)10-13)14-8-9-16(20-3)15(18)11-14/h5-11,17,19H,4H2,1-3H3. The fraction of sp³-hybridized carbons (Fsp3) is 0.294. The van der Waals surface area contributed by atoms with Gasteiger partial charge < -0.3 is 10.1 Å². The van der Waals surface area contributed by atoms with Gasteiger partial charge in [-0.25, -0.2) is 0 Å². The largest absolute Gasteiger partial charge is 0.496 e. The molecule has 0 saturated carbocycles. The minimum Gasteiger partial charge on any atom is -0.496 e. The van der Waals surface area contributed by atoms with Gasteiger partial charge in [-0.15, -0.1) is 0 Å². The highest BCUT2D eigenvalue weighted by atomic mass is 79.9. The van der Waals surface area contributed by atoms with E-state index < -0.39 is 0 Å². The zero-order valence-corrected chi connectivity index (χ0v) is 13.7. The van der Waals surface area contributed by atoms with Crippen LogP contribution < -0.4 is 10.1 Å². The highest BCUT2D eigenvalue weighted by Crippen LogP contribution is 2.30. The number of rotatable bonds is 5. The number of ether oxygens (including phenoxy) is 1. The molecule has 0 aliphatic carbocycles. The molecule has 2 nitrogen and oxygen atoms in total. The van der Waals surface area contributed by atoms with E-state index in [4.69, 9.17) is 4.74 Å². The third-order valence-electron chi connectivity index (χ3n) is 3.29. The van der Waals surface area contributed by atoms with Crippen LogP contribution in [0.2, 0.25) is 0 Å². The summed E-state index contributed by atoms with van der Waals surface area (Å²) in [6, 6.07) is 15.0. The Hall–Kier alpha value is -1.32. The summed E-state index contributed by atoms with van der Waals surface area (Å²) in [5.41, 5.74) is 3.78. The fourth-order valence-corrected chi connectivity index (χ4v) is 2.90. The molecule has 2 rings (SSSR count). The summed E-state index contributed by atoms with van der Waals surface area (Å²) in [7, 11) is 1.68. The third kappa shape index (κ3) is 3.41. The molecule has 20 heavy (non-hydrogen) atoms. The van der Waals surface area contributed by atoms with Crippen molar-refractivity contribution in [2.24, 2.45) is 0 Å². The van der Waals surface area contributed by atoms with Crippen LogP contribution in [0.15, 0.2) is 46.9 Å². The fourth-order valence-electron chi connectivity index (χ4n) is 2.34. The van der Waals surface area contributed by atoms with Gasteiger partial charge in [-0.3, -0.25) is 0 Å². The average Bonchev–Trinajstić information content (AvgIpc) is 2.44. The Bertz CT molecular complexity index is 583. The highest BCUT2D eigenvalue weighted by Gasteiger charge is 2.14. The van der Waals surface area contributed by atoms with E-state index in [0.29, 0.717) is 0 Å². The minimum atomic E-state index is 0.196.